The van der Waals surface area contributed by atoms with E-state index in [9.17, 15) is 13.0 Å². The fourth-order valence-electron chi connectivity index (χ4n) is 0.921. The Hall–Kier alpha value is -0.870. The van der Waals surface area contributed by atoms with Crippen molar-refractivity contribution in [2.75, 3.05) is 0 Å². The van der Waals surface area contributed by atoms with Gasteiger partial charge in [0.05, 0.1) is 4.90 Å². The van der Waals surface area contributed by atoms with Crippen LogP contribution in [0, 0.1) is 0 Å². The normalized spacial score (nSPS) is 11.5. The molecule has 3 nitrogen and oxygen atoms in total. The lowest BCUT2D eigenvalue weighted by Crippen LogP contribution is -1.96. The van der Waals surface area contributed by atoms with Crippen LogP contribution in [0.4, 0.5) is 0 Å². The van der Waals surface area contributed by atoms with E-state index in [1.807, 2.05) is 6.92 Å². The maximum Gasteiger partial charge on any atom is 0.324 e. The summed E-state index contributed by atoms with van der Waals surface area (Å²) in [7, 11) is -4.29. The summed E-state index contributed by atoms with van der Waals surface area (Å²) in [5.41, 5.74) is 0.854. The van der Waals surface area contributed by atoms with Crippen molar-refractivity contribution < 1.29 is 13.0 Å². The minimum absolute atomic E-state index is 0.151. The molecule has 1 rings (SSSR count). The molecule has 0 bridgehead atoms. The lowest BCUT2D eigenvalue weighted by atomic mass is 10.2. The molecule has 0 unspecified atom stereocenters. The smallest absolute Gasteiger partial charge is 0.192 e. The van der Waals surface area contributed by atoms with E-state index >= 15 is 0 Å². The molecule has 0 N–H and O–H groups in total. The van der Waals surface area contributed by atoms with Gasteiger partial charge in [-0.2, -0.15) is 8.42 Å². The van der Waals surface area contributed by atoms with Gasteiger partial charge in [0.15, 0.2) is 0 Å². The maximum atomic E-state index is 10.5. The van der Waals surface area contributed by atoms with E-state index in [2.05, 4.69) is 0 Å². The Bertz CT molecular complexity index is 368. The monoisotopic (exact) mass is 185 g/mol. The fourth-order valence-corrected chi connectivity index (χ4v) is 1.46. The topological polar surface area (TPSA) is 54.0 Å². The van der Waals surface area contributed by atoms with E-state index < -0.39 is 10.1 Å². The molecule has 65 valence electrons. The van der Waals surface area contributed by atoms with Gasteiger partial charge in [0, 0.05) is 0 Å². The fraction of sp³-hybridized carbons (Fsp3) is 0.250. The third-order valence-electron chi connectivity index (χ3n) is 1.60. The minimum atomic E-state index is -4.29. The Balaban J connectivity index is 3.20. The molecular weight excluding hydrogens is 176 g/mol. The molecule has 0 aliphatic rings. The van der Waals surface area contributed by atoms with E-state index in [-0.39, 0.29) is 4.90 Å². The van der Waals surface area contributed by atoms with Gasteiger partial charge in [-0.1, -0.05) is 23.6 Å². The first kappa shape index (κ1) is 9.22. The Morgan fingerprint density at radius 3 is 2.50 bits per heavy atom. The number of aryl methyl sites for hydroxylation is 1. The highest BCUT2D eigenvalue weighted by molar-refractivity contribution is 7.85. The van der Waals surface area contributed by atoms with Gasteiger partial charge >= 0.3 is 10.1 Å². The second-order valence-corrected chi connectivity index (χ2v) is 3.83. The third-order valence-corrected chi connectivity index (χ3v) is 2.43. The first-order valence-electron chi connectivity index (χ1n) is 3.59. The van der Waals surface area contributed by atoms with Crippen LogP contribution in [-0.2, 0) is 21.1 Å². The molecule has 0 amide bonds. The average molecular weight is 185 g/mol. The van der Waals surface area contributed by atoms with E-state index in [0.717, 1.165) is 12.0 Å². The summed E-state index contributed by atoms with van der Waals surface area (Å²) in [5, 5.41) is 0. The van der Waals surface area contributed by atoms with Gasteiger partial charge in [0.1, 0.15) is 0 Å². The summed E-state index contributed by atoms with van der Waals surface area (Å²) in [6.07, 6.45) is 0.726. The van der Waals surface area contributed by atoms with Crippen LogP contribution in [0.2, 0.25) is 0 Å². The van der Waals surface area contributed by atoms with Crippen molar-refractivity contribution in [2.24, 2.45) is 0 Å². The molecule has 0 aliphatic heterocycles. The molecule has 0 heterocycles. The van der Waals surface area contributed by atoms with Crippen LogP contribution in [0.5, 0.6) is 0 Å². The molecule has 0 aliphatic carbocycles. The molecule has 1 aromatic rings. The largest absolute Gasteiger partial charge is 0.324 e. The second kappa shape index (κ2) is 3.25. The Morgan fingerprint density at radius 2 is 2.00 bits per heavy atom. The van der Waals surface area contributed by atoms with Crippen molar-refractivity contribution in [1.29, 1.82) is 0 Å². The Labute approximate surface area is 71.8 Å². The van der Waals surface area contributed by atoms with Crippen molar-refractivity contribution in [2.45, 2.75) is 18.2 Å². The number of hydrogen-bond donors (Lipinski definition) is 0. The Morgan fingerprint density at radius 1 is 1.33 bits per heavy atom. The van der Waals surface area contributed by atoms with Crippen molar-refractivity contribution in [3.8, 4) is 0 Å². The molecular formula is C8H9O3S. The molecule has 12 heavy (non-hydrogen) atoms. The number of rotatable bonds is 2. The summed E-state index contributed by atoms with van der Waals surface area (Å²) in [5.74, 6) is 0. The van der Waals surface area contributed by atoms with E-state index in [0.29, 0.717) is 0 Å². The van der Waals surface area contributed by atoms with Crippen LogP contribution in [0.3, 0.4) is 0 Å². The van der Waals surface area contributed by atoms with Crippen molar-refractivity contribution >= 4 is 10.1 Å². The standard InChI is InChI=1S/C8H9O3S/c1-2-7-4-3-5-8(6-7)12(9,10)11/h3-6H,2H2,1H3. The third kappa shape index (κ3) is 2.06. The van der Waals surface area contributed by atoms with Crippen LogP contribution in [0.25, 0.3) is 0 Å². The lowest BCUT2D eigenvalue weighted by Gasteiger charge is -1.97. The maximum absolute atomic E-state index is 10.5. The van der Waals surface area contributed by atoms with Crippen molar-refractivity contribution in [3.63, 3.8) is 0 Å². The highest BCUT2D eigenvalue weighted by Crippen LogP contribution is 2.11. The molecule has 0 aromatic heterocycles. The van der Waals surface area contributed by atoms with Crippen molar-refractivity contribution in [3.05, 3.63) is 29.8 Å². The predicted octanol–water partition coefficient (Wildman–Crippen LogP) is 1.37. The molecule has 0 saturated carbocycles. The highest BCUT2D eigenvalue weighted by atomic mass is 32.2. The summed E-state index contributed by atoms with van der Waals surface area (Å²) in [6.45, 7) is 1.90. The van der Waals surface area contributed by atoms with Gasteiger partial charge in [-0.05, 0) is 24.1 Å². The summed E-state index contributed by atoms with van der Waals surface area (Å²) in [6, 6.07) is 6.07. The minimum Gasteiger partial charge on any atom is -0.192 e. The second-order valence-electron chi connectivity index (χ2n) is 2.46. The molecule has 1 radical (unpaired) electrons. The van der Waals surface area contributed by atoms with Crippen LogP contribution in [-0.4, -0.2) is 8.42 Å². The molecule has 0 spiro atoms. The zero-order valence-corrected chi connectivity index (χ0v) is 7.47. The zero-order chi connectivity index (χ0) is 9.19. The molecule has 4 heteroatoms. The van der Waals surface area contributed by atoms with Gasteiger partial charge in [0.2, 0.25) is 0 Å². The lowest BCUT2D eigenvalue weighted by molar-refractivity contribution is 0.414. The van der Waals surface area contributed by atoms with Crippen LogP contribution >= 0.6 is 0 Å². The quantitative estimate of drug-likeness (QED) is 0.698. The van der Waals surface area contributed by atoms with E-state index in [4.69, 9.17) is 0 Å². The molecule has 1 aromatic carbocycles. The van der Waals surface area contributed by atoms with Crippen LogP contribution < -0.4 is 0 Å². The van der Waals surface area contributed by atoms with Crippen molar-refractivity contribution in [1.82, 2.24) is 0 Å². The SMILES string of the molecule is CCc1cccc(S([O])(=O)=O)c1. The van der Waals surface area contributed by atoms with Crippen LogP contribution in [0.1, 0.15) is 12.5 Å². The van der Waals surface area contributed by atoms with Gasteiger partial charge in [-0.25, -0.2) is 0 Å². The van der Waals surface area contributed by atoms with E-state index in [1.54, 1.807) is 12.1 Å². The number of hydrogen-bond acceptors (Lipinski definition) is 2. The van der Waals surface area contributed by atoms with E-state index in [1.165, 1.54) is 12.1 Å². The van der Waals surface area contributed by atoms with Gasteiger partial charge in [-0.15, -0.1) is 0 Å². The molecule has 0 atom stereocenters. The molecule has 0 fully saturated rings. The van der Waals surface area contributed by atoms with Gasteiger partial charge in [0.25, 0.3) is 0 Å². The highest BCUT2D eigenvalue weighted by Gasteiger charge is 2.10. The first-order valence-corrected chi connectivity index (χ1v) is 4.99. The Kier molecular flexibility index (Phi) is 2.49. The summed E-state index contributed by atoms with van der Waals surface area (Å²) < 4.78 is 31.6. The number of benzene rings is 1. The first-order chi connectivity index (χ1) is 5.54. The average Bonchev–Trinajstić information content (AvgIpc) is 2.03. The zero-order valence-electron chi connectivity index (χ0n) is 6.65. The summed E-state index contributed by atoms with van der Waals surface area (Å²) in [4.78, 5) is -0.151. The van der Waals surface area contributed by atoms with Gasteiger partial charge in [-0.3, -0.25) is 0 Å². The van der Waals surface area contributed by atoms with Gasteiger partial charge < -0.3 is 0 Å². The summed E-state index contributed by atoms with van der Waals surface area (Å²) >= 11 is 0. The predicted molar refractivity (Wildman–Crippen MR) is 43.7 cm³/mol. The molecule has 0 saturated heterocycles. The van der Waals surface area contributed by atoms with Crippen LogP contribution in [0.15, 0.2) is 29.2 Å².